The Labute approximate surface area is 229 Å². The lowest BCUT2D eigenvalue weighted by atomic mass is 10.1. The second-order valence-corrected chi connectivity index (χ2v) is 11.9. The number of ether oxygens (including phenoxy) is 1. The van der Waals surface area contributed by atoms with Crippen molar-refractivity contribution in [3.05, 3.63) is 90.2 Å². The highest BCUT2D eigenvalue weighted by atomic mass is 32.2. The third kappa shape index (κ3) is 7.79. The van der Waals surface area contributed by atoms with Crippen LogP contribution in [0.5, 0.6) is 5.75 Å². The van der Waals surface area contributed by atoms with Crippen molar-refractivity contribution < 1.29 is 27.1 Å². The molecule has 0 fully saturated rings. The number of benzene rings is 3. The molecule has 3 rings (SSSR count). The Balaban J connectivity index is 2.00. The molecule has 0 radical (unpaired) electrons. The fourth-order valence-corrected chi connectivity index (χ4v) is 5.26. The third-order valence-corrected chi connectivity index (χ3v) is 7.69. The fraction of sp³-hybridized carbons (Fsp3) is 0.310. The van der Waals surface area contributed by atoms with Gasteiger partial charge in [-0.15, -0.1) is 0 Å². The Morgan fingerprint density at radius 1 is 0.949 bits per heavy atom. The monoisotopic (exact) mass is 555 g/mol. The van der Waals surface area contributed by atoms with E-state index in [-0.39, 0.29) is 23.0 Å². The Kier molecular flexibility index (Phi) is 9.34. The normalized spacial score (nSPS) is 12.4. The number of anilines is 1. The summed E-state index contributed by atoms with van der Waals surface area (Å²) in [6.45, 7) is 6.58. The molecule has 1 unspecified atom stereocenters. The molecule has 0 aromatic heterocycles. The molecule has 10 heteroatoms. The number of carbonyl (C=O) groups excluding carboxylic acids is 2. The Hall–Kier alpha value is -3.92. The van der Waals surface area contributed by atoms with Crippen LogP contribution in [0.2, 0.25) is 0 Å². The van der Waals surface area contributed by atoms with Crippen LogP contribution in [0.1, 0.15) is 33.3 Å². The number of nitrogens with zero attached hydrogens (tertiary/aromatic N) is 2. The summed E-state index contributed by atoms with van der Waals surface area (Å²) in [5.74, 6) is -0.912. The minimum absolute atomic E-state index is 0.0563. The van der Waals surface area contributed by atoms with Crippen LogP contribution in [0.3, 0.4) is 0 Å². The predicted molar refractivity (Wildman–Crippen MR) is 148 cm³/mol. The zero-order valence-electron chi connectivity index (χ0n) is 22.7. The average Bonchev–Trinajstić information content (AvgIpc) is 2.90. The number of sulfonamides is 1. The first-order chi connectivity index (χ1) is 18.3. The van der Waals surface area contributed by atoms with E-state index in [9.17, 15) is 22.4 Å². The quantitative estimate of drug-likeness (QED) is 0.401. The summed E-state index contributed by atoms with van der Waals surface area (Å²) in [7, 11) is -2.71. The summed E-state index contributed by atoms with van der Waals surface area (Å²) in [5, 5.41) is 2.88. The molecule has 0 heterocycles. The van der Waals surface area contributed by atoms with Crippen LogP contribution in [0.25, 0.3) is 0 Å². The molecular weight excluding hydrogens is 521 g/mol. The number of para-hydroxylation sites is 1. The number of nitrogens with one attached hydrogen (secondary N) is 1. The van der Waals surface area contributed by atoms with Gasteiger partial charge in [0.15, 0.2) is 0 Å². The number of carbonyl (C=O) groups is 2. The van der Waals surface area contributed by atoms with Crippen molar-refractivity contribution in [2.75, 3.05) is 18.0 Å². The summed E-state index contributed by atoms with van der Waals surface area (Å²) in [6, 6.07) is 18.7. The highest BCUT2D eigenvalue weighted by Gasteiger charge is 2.33. The second-order valence-electron chi connectivity index (χ2n) is 10.1. The van der Waals surface area contributed by atoms with Crippen LogP contribution in [0, 0.1) is 5.82 Å². The van der Waals surface area contributed by atoms with Crippen LogP contribution in [0.4, 0.5) is 10.1 Å². The minimum atomic E-state index is -4.25. The van der Waals surface area contributed by atoms with Crippen molar-refractivity contribution in [1.29, 1.82) is 0 Å². The summed E-state index contributed by atoms with van der Waals surface area (Å²) in [4.78, 5) is 28.1. The van der Waals surface area contributed by atoms with E-state index in [1.807, 2.05) is 20.8 Å². The number of hydrogen-bond acceptors (Lipinski definition) is 5. The summed E-state index contributed by atoms with van der Waals surface area (Å²) < 4.78 is 47.0. The van der Waals surface area contributed by atoms with Crippen molar-refractivity contribution in [2.45, 2.75) is 50.7 Å². The first-order valence-electron chi connectivity index (χ1n) is 12.4. The molecule has 1 N–H and O–H groups in total. The maximum absolute atomic E-state index is 13.9. The van der Waals surface area contributed by atoms with E-state index in [1.54, 1.807) is 68.6 Å². The van der Waals surface area contributed by atoms with Gasteiger partial charge in [0, 0.05) is 12.1 Å². The van der Waals surface area contributed by atoms with Crippen LogP contribution < -0.4 is 14.4 Å². The molecule has 3 aromatic carbocycles. The summed E-state index contributed by atoms with van der Waals surface area (Å²) in [6.07, 6.45) is 0. The van der Waals surface area contributed by atoms with Gasteiger partial charge >= 0.3 is 0 Å². The Morgan fingerprint density at radius 3 is 2.08 bits per heavy atom. The Bertz CT molecular complexity index is 1370. The maximum Gasteiger partial charge on any atom is 0.264 e. The predicted octanol–water partition coefficient (Wildman–Crippen LogP) is 4.36. The van der Waals surface area contributed by atoms with Crippen molar-refractivity contribution in [3.63, 3.8) is 0 Å². The molecule has 39 heavy (non-hydrogen) atoms. The van der Waals surface area contributed by atoms with E-state index in [4.69, 9.17) is 4.74 Å². The number of methoxy groups -OCH3 is 1. The van der Waals surface area contributed by atoms with Gasteiger partial charge in [0.2, 0.25) is 11.8 Å². The number of hydrogen-bond donors (Lipinski definition) is 1. The van der Waals surface area contributed by atoms with Gasteiger partial charge in [0.05, 0.1) is 17.7 Å². The second kappa shape index (κ2) is 12.3. The first-order valence-corrected chi connectivity index (χ1v) is 13.8. The molecule has 0 aliphatic carbocycles. The number of rotatable bonds is 10. The maximum atomic E-state index is 13.9. The lowest BCUT2D eigenvalue weighted by molar-refractivity contribution is -0.140. The fourth-order valence-electron chi connectivity index (χ4n) is 3.84. The SMILES string of the molecule is COc1ccc(CN(C(=O)CN(c2ccccc2)S(=O)(=O)c2ccc(F)cc2)C(C)C(=O)NC(C)(C)C)cc1. The molecule has 0 aliphatic rings. The third-order valence-electron chi connectivity index (χ3n) is 5.90. The minimum Gasteiger partial charge on any atom is -0.497 e. The molecule has 3 aromatic rings. The topological polar surface area (TPSA) is 96.0 Å². The lowest BCUT2D eigenvalue weighted by Gasteiger charge is -2.33. The molecule has 208 valence electrons. The molecular formula is C29H34FN3O5S. The zero-order valence-corrected chi connectivity index (χ0v) is 23.5. The van der Waals surface area contributed by atoms with E-state index < -0.39 is 39.9 Å². The van der Waals surface area contributed by atoms with E-state index in [2.05, 4.69) is 5.32 Å². The highest BCUT2D eigenvalue weighted by molar-refractivity contribution is 7.92. The molecule has 1 atom stereocenters. The van der Waals surface area contributed by atoms with E-state index in [1.165, 1.54) is 4.90 Å². The molecule has 8 nitrogen and oxygen atoms in total. The van der Waals surface area contributed by atoms with Gasteiger partial charge in [-0.2, -0.15) is 0 Å². The molecule has 0 saturated carbocycles. The Morgan fingerprint density at radius 2 is 1.54 bits per heavy atom. The van der Waals surface area contributed by atoms with Gasteiger partial charge in [-0.05, 0) is 81.8 Å². The smallest absolute Gasteiger partial charge is 0.264 e. The number of amides is 2. The average molecular weight is 556 g/mol. The van der Waals surface area contributed by atoms with Crippen LogP contribution in [-0.4, -0.2) is 50.4 Å². The largest absolute Gasteiger partial charge is 0.497 e. The van der Waals surface area contributed by atoms with Crippen LogP contribution >= 0.6 is 0 Å². The summed E-state index contributed by atoms with van der Waals surface area (Å²) in [5.41, 5.74) is 0.445. The van der Waals surface area contributed by atoms with Crippen molar-refractivity contribution >= 4 is 27.5 Å². The van der Waals surface area contributed by atoms with Crippen LogP contribution in [-0.2, 0) is 26.2 Å². The van der Waals surface area contributed by atoms with Gasteiger partial charge in [-0.3, -0.25) is 13.9 Å². The first kappa shape index (κ1) is 29.6. The standard InChI is InChI=1S/C29H34FN3O5S/c1-21(28(35)31-29(2,3)4)32(19-22-11-15-25(38-5)16-12-22)27(34)20-33(24-9-7-6-8-10-24)39(36,37)26-17-13-23(30)14-18-26/h6-18,21H,19-20H2,1-5H3,(H,31,35). The molecule has 0 aliphatic heterocycles. The van der Waals surface area contributed by atoms with Gasteiger partial charge in [-0.25, -0.2) is 12.8 Å². The highest BCUT2D eigenvalue weighted by Crippen LogP contribution is 2.25. The lowest BCUT2D eigenvalue weighted by Crippen LogP contribution is -2.54. The van der Waals surface area contributed by atoms with Gasteiger partial charge < -0.3 is 15.0 Å². The van der Waals surface area contributed by atoms with E-state index in [0.29, 0.717) is 5.75 Å². The van der Waals surface area contributed by atoms with Gasteiger partial charge in [0.25, 0.3) is 10.0 Å². The molecule has 0 spiro atoms. The van der Waals surface area contributed by atoms with Crippen molar-refractivity contribution in [2.24, 2.45) is 0 Å². The van der Waals surface area contributed by atoms with Gasteiger partial charge in [-0.1, -0.05) is 30.3 Å². The van der Waals surface area contributed by atoms with E-state index >= 15 is 0 Å². The molecule has 0 bridgehead atoms. The zero-order chi connectivity index (χ0) is 28.8. The molecule has 2 amide bonds. The molecule has 0 saturated heterocycles. The van der Waals surface area contributed by atoms with Gasteiger partial charge in [0.1, 0.15) is 24.2 Å². The van der Waals surface area contributed by atoms with E-state index in [0.717, 1.165) is 34.1 Å². The van der Waals surface area contributed by atoms with Crippen molar-refractivity contribution in [3.8, 4) is 5.75 Å². The summed E-state index contributed by atoms with van der Waals surface area (Å²) >= 11 is 0. The van der Waals surface area contributed by atoms with Crippen LogP contribution in [0.15, 0.2) is 83.8 Å². The van der Waals surface area contributed by atoms with Crippen molar-refractivity contribution in [1.82, 2.24) is 10.2 Å². The number of halogens is 1.